The smallest absolute Gasteiger partial charge is 0.416 e. The Labute approximate surface area is 174 Å². The standard InChI is InChI=1S/C23H28F3NO3/c1-20(2,30-16-5-3-4-15(7-16)23(24,25)26)19(28)27-17-11-21-8-13-6-14(18(17)21)10-22(29,9-13)12-21/h3-5,7,13-14,17-18,29H,6,8-12H2,1-2H3,(H,27,28)/t13?,14-,17+,18-,21?,22+/m0/s1. The molecule has 4 bridgehead atoms. The first-order valence-corrected chi connectivity index (χ1v) is 10.8. The van der Waals surface area contributed by atoms with Crippen LogP contribution in [0.25, 0.3) is 0 Å². The molecule has 5 saturated carbocycles. The lowest BCUT2D eigenvalue weighted by atomic mass is 9.35. The number of alkyl halides is 3. The Kier molecular flexibility index (Phi) is 4.13. The van der Waals surface area contributed by atoms with E-state index in [0.29, 0.717) is 17.8 Å². The van der Waals surface area contributed by atoms with Crippen molar-refractivity contribution in [1.29, 1.82) is 0 Å². The first-order chi connectivity index (χ1) is 13.9. The molecule has 1 aromatic carbocycles. The second-order valence-corrected chi connectivity index (χ2v) is 10.7. The Morgan fingerprint density at radius 2 is 1.97 bits per heavy atom. The van der Waals surface area contributed by atoms with Crippen molar-refractivity contribution in [2.24, 2.45) is 23.2 Å². The van der Waals surface area contributed by atoms with Gasteiger partial charge in [-0.15, -0.1) is 0 Å². The summed E-state index contributed by atoms with van der Waals surface area (Å²) in [5, 5.41) is 14.0. The predicted octanol–water partition coefficient (Wildman–Crippen LogP) is 4.31. The molecule has 0 saturated heterocycles. The topological polar surface area (TPSA) is 58.6 Å². The molecule has 1 aromatic rings. The van der Waals surface area contributed by atoms with Gasteiger partial charge in [-0.3, -0.25) is 4.79 Å². The monoisotopic (exact) mass is 423 g/mol. The molecule has 2 unspecified atom stereocenters. The Hall–Kier alpha value is -1.76. The lowest BCUT2D eigenvalue weighted by molar-refractivity contribution is -0.246. The van der Waals surface area contributed by atoms with Crippen molar-refractivity contribution in [2.75, 3.05) is 0 Å². The van der Waals surface area contributed by atoms with Gasteiger partial charge in [0.05, 0.1) is 11.2 Å². The van der Waals surface area contributed by atoms with Crippen LogP contribution in [-0.2, 0) is 11.0 Å². The molecule has 6 atom stereocenters. The van der Waals surface area contributed by atoms with Crippen LogP contribution in [-0.4, -0.2) is 28.3 Å². The summed E-state index contributed by atoms with van der Waals surface area (Å²) < 4.78 is 44.6. The van der Waals surface area contributed by atoms with Gasteiger partial charge in [0.25, 0.3) is 5.91 Å². The molecular weight excluding hydrogens is 395 g/mol. The van der Waals surface area contributed by atoms with Gasteiger partial charge in [0.1, 0.15) is 5.75 Å². The zero-order valence-corrected chi connectivity index (χ0v) is 17.3. The van der Waals surface area contributed by atoms with Crippen LogP contribution in [0.2, 0.25) is 0 Å². The fourth-order valence-electron chi connectivity index (χ4n) is 7.34. The van der Waals surface area contributed by atoms with E-state index in [4.69, 9.17) is 4.74 Å². The van der Waals surface area contributed by atoms with E-state index in [-0.39, 0.29) is 23.1 Å². The molecule has 1 amide bonds. The van der Waals surface area contributed by atoms with E-state index in [9.17, 15) is 23.1 Å². The van der Waals surface area contributed by atoms with Crippen molar-refractivity contribution in [2.45, 2.75) is 75.8 Å². The number of nitrogens with one attached hydrogen (secondary N) is 1. The number of hydrogen-bond donors (Lipinski definition) is 2. The summed E-state index contributed by atoms with van der Waals surface area (Å²) in [6.07, 6.45) is 1.28. The Morgan fingerprint density at radius 3 is 2.63 bits per heavy atom. The minimum atomic E-state index is -4.46. The van der Waals surface area contributed by atoms with Gasteiger partial charge >= 0.3 is 6.18 Å². The molecule has 0 radical (unpaired) electrons. The second-order valence-electron chi connectivity index (χ2n) is 10.7. The maximum atomic E-state index is 13.0. The van der Waals surface area contributed by atoms with Gasteiger partial charge in [-0.1, -0.05) is 6.07 Å². The zero-order valence-electron chi connectivity index (χ0n) is 17.3. The number of rotatable bonds is 4. The largest absolute Gasteiger partial charge is 0.478 e. The number of halogens is 3. The highest BCUT2D eigenvalue weighted by atomic mass is 19.4. The molecule has 1 spiro atoms. The van der Waals surface area contributed by atoms with E-state index < -0.39 is 22.9 Å². The third-order valence-electron chi connectivity index (χ3n) is 8.00. The molecular formula is C23H28F3NO3. The highest BCUT2D eigenvalue weighted by molar-refractivity contribution is 5.85. The third-order valence-corrected chi connectivity index (χ3v) is 8.00. The van der Waals surface area contributed by atoms with Crippen molar-refractivity contribution in [3.05, 3.63) is 29.8 Å². The molecule has 164 valence electrons. The van der Waals surface area contributed by atoms with E-state index in [2.05, 4.69) is 5.32 Å². The van der Waals surface area contributed by atoms with Crippen molar-refractivity contribution < 1.29 is 27.8 Å². The van der Waals surface area contributed by atoms with Crippen LogP contribution in [0.5, 0.6) is 5.75 Å². The summed E-state index contributed by atoms with van der Waals surface area (Å²) in [5.74, 6) is 1.15. The summed E-state index contributed by atoms with van der Waals surface area (Å²) in [6.45, 7) is 3.16. The molecule has 30 heavy (non-hydrogen) atoms. The van der Waals surface area contributed by atoms with Crippen LogP contribution in [0.15, 0.2) is 24.3 Å². The van der Waals surface area contributed by atoms with Gasteiger partial charge < -0.3 is 15.2 Å². The van der Waals surface area contributed by atoms with E-state index in [0.717, 1.165) is 50.7 Å². The highest BCUT2D eigenvalue weighted by Gasteiger charge is 2.69. The first kappa shape index (κ1) is 20.2. The number of hydrogen-bond acceptors (Lipinski definition) is 3. The first-order valence-electron chi connectivity index (χ1n) is 10.8. The lowest BCUT2D eigenvalue weighted by Gasteiger charge is -2.72. The van der Waals surface area contributed by atoms with Gasteiger partial charge in [0.15, 0.2) is 5.60 Å². The van der Waals surface area contributed by atoms with E-state index in [1.807, 2.05) is 0 Å². The van der Waals surface area contributed by atoms with Gasteiger partial charge in [0.2, 0.25) is 0 Å². The Morgan fingerprint density at radius 1 is 1.20 bits per heavy atom. The summed E-state index contributed by atoms with van der Waals surface area (Å²) >= 11 is 0. The van der Waals surface area contributed by atoms with Crippen molar-refractivity contribution >= 4 is 5.91 Å². The van der Waals surface area contributed by atoms with Crippen molar-refractivity contribution in [3.8, 4) is 5.75 Å². The Bertz CT molecular complexity index is 885. The van der Waals surface area contributed by atoms with E-state index in [1.165, 1.54) is 12.1 Å². The molecule has 5 aliphatic carbocycles. The van der Waals surface area contributed by atoms with Gasteiger partial charge in [0, 0.05) is 6.04 Å². The SMILES string of the molecule is CC(C)(Oc1cccc(C(F)(F)F)c1)C(=O)N[C@@H]1CC23CC4C[C@@H](C[C@](O)(C4)C2)[C@@H]13. The molecule has 5 aliphatic rings. The van der Waals surface area contributed by atoms with Crippen LogP contribution in [0.4, 0.5) is 13.2 Å². The molecule has 4 nitrogen and oxygen atoms in total. The van der Waals surface area contributed by atoms with Gasteiger partial charge in [-0.2, -0.15) is 13.2 Å². The lowest BCUT2D eigenvalue weighted by Crippen LogP contribution is -2.72. The molecule has 6 rings (SSSR count). The van der Waals surface area contributed by atoms with Crippen LogP contribution >= 0.6 is 0 Å². The van der Waals surface area contributed by atoms with Gasteiger partial charge in [-0.25, -0.2) is 0 Å². The highest BCUT2D eigenvalue weighted by Crippen LogP contribution is 2.71. The number of ether oxygens (including phenoxy) is 1. The number of carbonyl (C=O) groups is 1. The molecule has 5 fully saturated rings. The molecule has 0 aromatic heterocycles. The maximum absolute atomic E-state index is 13.0. The van der Waals surface area contributed by atoms with Gasteiger partial charge in [-0.05, 0) is 93.7 Å². The summed E-state index contributed by atoms with van der Waals surface area (Å²) in [7, 11) is 0. The average molecular weight is 423 g/mol. The predicted molar refractivity (Wildman–Crippen MR) is 104 cm³/mol. The summed E-state index contributed by atoms with van der Waals surface area (Å²) in [6, 6.07) is 4.66. The van der Waals surface area contributed by atoms with E-state index >= 15 is 0 Å². The maximum Gasteiger partial charge on any atom is 0.416 e. The summed E-state index contributed by atoms with van der Waals surface area (Å²) in [4.78, 5) is 13.0. The van der Waals surface area contributed by atoms with Crippen LogP contribution in [0.3, 0.4) is 0 Å². The molecule has 7 heteroatoms. The van der Waals surface area contributed by atoms with E-state index in [1.54, 1.807) is 13.8 Å². The normalized spacial score (nSPS) is 39.3. The van der Waals surface area contributed by atoms with Crippen LogP contribution in [0, 0.1) is 23.2 Å². The fourth-order valence-corrected chi connectivity index (χ4v) is 7.34. The molecule has 0 heterocycles. The Balaban J connectivity index is 1.26. The molecule has 2 N–H and O–H groups in total. The van der Waals surface area contributed by atoms with Crippen molar-refractivity contribution in [3.63, 3.8) is 0 Å². The van der Waals surface area contributed by atoms with Crippen LogP contribution in [0.1, 0.15) is 57.9 Å². The van der Waals surface area contributed by atoms with Crippen LogP contribution < -0.4 is 10.1 Å². The summed E-state index contributed by atoms with van der Waals surface area (Å²) in [5.41, 5.74) is -2.45. The second kappa shape index (κ2) is 6.15. The number of aliphatic hydroxyl groups is 1. The number of benzene rings is 1. The quantitative estimate of drug-likeness (QED) is 0.759. The zero-order chi connectivity index (χ0) is 21.5. The fraction of sp³-hybridized carbons (Fsp3) is 0.696. The minimum Gasteiger partial charge on any atom is -0.478 e. The third kappa shape index (κ3) is 3.12. The number of amides is 1. The molecule has 0 aliphatic heterocycles. The average Bonchev–Trinajstić information content (AvgIpc) is 2.57. The number of carbonyl (C=O) groups excluding carboxylic acids is 1. The minimum absolute atomic E-state index is 0.0203. The van der Waals surface area contributed by atoms with Crippen molar-refractivity contribution in [1.82, 2.24) is 5.32 Å².